The van der Waals surface area contributed by atoms with E-state index in [1.54, 1.807) is 6.07 Å². The highest BCUT2D eigenvalue weighted by atomic mass is 35.5. The molecule has 1 N–H and O–H groups in total. The standard InChI is InChI=1S/C28H33ClN4O3/c1-20(2)12-15-33(19-26(34)35)27(36)24-18-30-28(32(3)14-13-21-8-5-4-6-9-21)31-25(24)17-22-10-7-11-23(29)16-22/h4-11,16,18,20H,12-15,17,19H2,1-3H3,(H,34,35). The number of rotatable bonds is 12. The van der Waals surface area contributed by atoms with Crippen LogP contribution in [-0.4, -0.2) is 58.5 Å². The second kappa shape index (κ2) is 13.0. The van der Waals surface area contributed by atoms with E-state index < -0.39 is 5.97 Å². The van der Waals surface area contributed by atoms with Crippen LogP contribution in [0.1, 0.15) is 47.4 Å². The highest BCUT2D eigenvalue weighted by Gasteiger charge is 2.24. The van der Waals surface area contributed by atoms with Crippen LogP contribution < -0.4 is 4.90 Å². The number of benzene rings is 2. The van der Waals surface area contributed by atoms with E-state index in [0.717, 1.165) is 12.0 Å². The van der Waals surface area contributed by atoms with Crippen molar-refractivity contribution in [3.63, 3.8) is 0 Å². The second-order valence-corrected chi connectivity index (χ2v) is 9.73. The average molecular weight is 509 g/mol. The Labute approximate surface area is 217 Å². The minimum Gasteiger partial charge on any atom is -0.480 e. The van der Waals surface area contributed by atoms with E-state index >= 15 is 0 Å². The highest BCUT2D eigenvalue weighted by molar-refractivity contribution is 6.30. The van der Waals surface area contributed by atoms with E-state index in [1.807, 2.05) is 62.2 Å². The zero-order valence-electron chi connectivity index (χ0n) is 21.0. The summed E-state index contributed by atoms with van der Waals surface area (Å²) < 4.78 is 0. The van der Waals surface area contributed by atoms with Crippen LogP contribution in [0.5, 0.6) is 0 Å². The summed E-state index contributed by atoms with van der Waals surface area (Å²) >= 11 is 6.19. The number of carbonyl (C=O) groups excluding carboxylic acids is 1. The Morgan fingerprint density at radius 2 is 1.75 bits per heavy atom. The molecule has 0 saturated carbocycles. The Bertz CT molecular complexity index is 1170. The van der Waals surface area contributed by atoms with Gasteiger partial charge in [0.2, 0.25) is 5.95 Å². The minimum absolute atomic E-state index is 0.306. The molecule has 0 saturated heterocycles. The quantitative estimate of drug-likeness (QED) is 0.371. The highest BCUT2D eigenvalue weighted by Crippen LogP contribution is 2.20. The lowest BCUT2D eigenvalue weighted by Gasteiger charge is -2.24. The molecule has 0 aliphatic heterocycles. The van der Waals surface area contributed by atoms with Gasteiger partial charge in [-0.1, -0.05) is 67.9 Å². The van der Waals surface area contributed by atoms with Gasteiger partial charge < -0.3 is 14.9 Å². The van der Waals surface area contributed by atoms with Crippen LogP contribution in [0.2, 0.25) is 5.02 Å². The van der Waals surface area contributed by atoms with Gasteiger partial charge in [0, 0.05) is 37.8 Å². The first kappa shape index (κ1) is 27.1. The molecule has 0 fully saturated rings. The number of aliphatic carboxylic acids is 1. The molecule has 3 aromatic rings. The normalized spacial score (nSPS) is 10.9. The molecule has 36 heavy (non-hydrogen) atoms. The Hall–Kier alpha value is -3.45. The number of likely N-dealkylation sites (N-methyl/N-ethyl adjacent to an activating group) is 1. The van der Waals surface area contributed by atoms with Crippen molar-refractivity contribution < 1.29 is 14.7 Å². The van der Waals surface area contributed by atoms with Crippen molar-refractivity contribution >= 4 is 29.4 Å². The summed E-state index contributed by atoms with van der Waals surface area (Å²) in [7, 11) is 1.92. The van der Waals surface area contributed by atoms with Crippen LogP contribution in [0.3, 0.4) is 0 Å². The molecular formula is C28H33ClN4O3. The Kier molecular flexibility index (Phi) is 9.82. The summed E-state index contributed by atoms with van der Waals surface area (Å²) in [5, 5.41) is 10.00. The maximum absolute atomic E-state index is 13.5. The maximum atomic E-state index is 13.5. The third kappa shape index (κ3) is 8.05. The number of hydrogen-bond acceptors (Lipinski definition) is 5. The summed E-state index contributed by atoms with van der Waals surface area (Å²) in [4.78, 5) is 37.6. The number of anilines is 1. The van der Waals surface area contributed by atoms with Gasteiger partial charge >= 0.3 is 5.97 Å². The van der Waals surface area contributed by atoms with Crippen LogP contribution >= 0.6 is 11.6 Å². The van der Waals surface area contributed by atoms with Gasteiger partial charge in [0.25, 0.3) is 5.91 Å². The van der Waals surface area contributed by atoms with Gasteiger partial charge in [0.1, 0.15) is 6.54 Å². The SMILES string of the molecule is CC(C)CCN(CC(=O)O)C(=O)c1cnc(N(C)CCc2ccccc2)nc1Cc1cccc(Cl)c1. The molecule has 2 aromatic carbocycles. The van der Waals surface area contributed by atoms with E-state index in [1.165, 1.54) is 16.7 Å². The molecule has 0 aliphatic carbocycles. The second-order valence-electron chi connectivity index (χ2n) is 9.30. The van der Waals surface area contributed by atoms with E-state index in [0.29, 0.717) is 54.1 Å². The molecule has 0 atom stereocenters. The Morgan fingerprint density at radius 3 is 2.42 bits per heavy atom. The molecule has 0 unspecified atom stereocenters. The number of aromatic nitrogens is 2. The Balaban J connectivity index is 1.91. The van der Waals surface area contributed by atoms with Crippen molar-refractivity contribution in [3.05, 3.63) is 88.2 Å². The lowest BCUT2D eigenvalue weighted by atomic mass is 10.0. The first-order valence-corrected chi connectivity index (χ1v) is 12.5. The predicted octanol–water partition coefficient (Wildman–Crippen LogP) is 4.97. The molecule has 0 bridgehead atoms. The minimum atomic E-state index is -1.05. The number of hydrogen-bond donors (Lipinski definition) is 1. The molecule has 8 heteroatoms. The van der Waals surface area contributed by atoms with Crippen molar-refractivity contribution in [3.8, 4) is 0 Å². The zero-order valence-corrected chi connectivity index (χ0v) is 21.8. The fourth-order valence-electron chi connectivity index (χ4n) is 3.79. The molecule has 3 rings (SSSR count). The van der Waals surface area contributed by atoms with Crippen molar-refractivity contribution in [2.75, 3.05) is 31.6 Å². The molecule has 190 valence electrons. The Morgan fingerprint density at radius 1 is 1.03 bits per heavy atom. The van der Waals surface area contributed by atoms with Gasteiger partial charge in [-0.05, 0) is 42.0 Å². The summed E-state index contributed by atoms with van der Waals surface area (Å²) in [6.07, 6.45) is 3.42. The summed E-state index contributed by atoms with van der Waals surface area (Å²) in [5.74, 6) is -0.598. The van der Waals surface area contributed by atoms with Crippen molar-refractivity contribution in [2.45, 2.75) is 33.1 Å². The van der Waals surface area contributed by atoms with E-state index in [4.69, 9.17) is 16.6 Å². The fourth-order valence-corrected chi connectivity index (χ4v) is 4.00. The van der Waals surface area contributed by atoms with Gasteiger partial charge in [-0.3, -0.25) is 9.59 Å². The predicted molar refractivity (Wildman–Crippen MR) is 143 cm³/mol. The average Bonchev–Trinajstić information content (AvgIpc) is 2.85. The number of carboxylic acid groups (broad SMARTS) is 1. The van der Waals surface area contributed by atoms with E-state index in [9.17, 15) is 14.7 Å². The number of halogens is 1. The third-order valence-electron chi connectivity index (χ3n) is 5.86. The van der Waals surface area contributed by atoms with Gasteiger partial charge in [0.15, 0.2) is 0 Å². The summed E-state index contributed by atoms with van der Waals surface area (Å²) in [6, 6.07) is 17.6. The summed E-state index contributed by atoms with van der Waals surface area (Å²) in [5.41, 5.74) is 2.96. The zero-order chi connectivity index (χ0) is 26.1. The van der Waals surface area contributed by atoms with Crippen molar-refractivity contribution in [1.29, 1.82) is 0 Å². The largest absolute Gasteiger partial charge is 0.480 e. The monoisotopic (exact) mass is 508 g/mol. The lowest BCUT2D eigenvalue weighted by Crippen LogP contribution is -2.37. The van der Waals surface area contributed by atoms with Crippen LogP contribution in [0, 0.1) is 5.92 Å². The number of carbonyl (C=O) groups is 2. The molecule has 1 amide bonds. The maximum Gasteiger partial charge on any atom is 0.323 e. The summed E-state index contributed by atoms with van der Waals surface area (Å²) in [6.45, 7) is 4.75. The van der Waals surface area contributed by atoms with Gasteiger partial charge in [-0.15, -0.1) is 0 Å². The first-order chi connectivity index (χ1) is 17.2. The number of carboxylic acids is 1. The fraction of sp³-hybridized carbons (Fsp3) is 0.357. The first-order valence-electron chi connectivity index (χ1n) is 12.1. The van der Waals surface area contributed by atoms with Crippen LogP contribution in [-0.2, 0) is 17.6 Å². The van der Waals surface area contributed by atoms with Crippen LogP contribution in [0.15, 0.2) is 60.8 Å². The molecule has 1 heterocycles. The number of amides is 1. The number of nitrogens with zero attached hydrogens (tertiary/aromatic N) is 4. The topological polar surface area (TPSA) is 86.6 Å². The van der Waals surface area contributed by atoms with Crippen LogP contribution in [0.25, 0.3) is 0 Å². The van der Waals surface area contributed by atoms with Crippen molar-refractivity contribution in [2.24, 2.45) is 5.92 Å². The lowest BCUT2D eigenvalue weighted by molar-refractivity contribution is -0.137. The molecule has 1 aromatic heterocycles. The van der Waals surface area contributed by atoms with Gasteiger partial charge in [0.05, 0.1) is 11.3 Å². The molecule has 7 nitrogen and oxygen atoms in total. The van der Waals surface area contributed by atoms with E-state index in [-0.39, 0.29) is 12.5 Å². The van der Waals surface area contributed by atoms with Crippen LogP contribution in [0.4, 0.5) is 5.95 Å². The third-order valence-corrected chi connectivity index (χ3v) is 6.09. The van der Waals surface area contributed by atoms with Crippen molar-refractivity contribution in [1.82, 2.24) is 14.9 Å². The molecular weight excluding hydrogens is 476 g/mol. The van der Waals surface area contributed by atoms with E-state index in [2.05, 4.69) is 17.1 Å². The van der Waals surface area contributed by atoms with Gasteiger partial charge in [-0.25, -0.2) is 9.97 Å². The molecule has 0 aliphatic rings. The smallest absolute Gasteiger partial charge is 0.323 e. The molecule has 0 spiro atoms. The van der Waals surface area contributed by atoms with Gasteiger partial charge in [-0.2, -0.15) is 0 Å². The molecule has 0 radical (unpaired) electrons.